The van der Waals surface area contributed by atoms with Crippen LogP contribution in [0.5, 0.6) is 5.75 Å². The van der Waals surface area contributed by atoms with Crippen molar-refractivity contribution in [2.45, 2.75) is 13.0 Å². The number of benzene rings is 3. The van der Waals surface area contributed by atoms with Gasteiger partial charge in [0, 0.05) is 19.2 Å². The molecule has 4 aromatic rings. The Kier molecular flexibility index (Phi) is 9.45. The van der Waals surface area contributed by atoms with Crippen LogP contribution in [0.1, 0.15) is 26.5 Å². The van der Waals surface area contributed by atoms with Crippen LogP contribution in [0.4, 0.5) is 5.13 Å². The zero-order valence-electron chi connectivity index (χ0n) is 19.0. The topological polar surface area (TPSA) is 106 Å². The number of amides is 2. The van der Waals surface area contributed by atoms with E-state index in [-0.39, 0.29) is 18.2 Å². The molecule has 0 bridgehead atoms. The third-order valence-corrected chi connectivity index (χ3v) is 7.18. The van der Waals surface area contributed by atoms with Gasteiger partial charge in [-0.1, -0.05) is 52.7 Å². The Morgan fingerprint density at radius 2 is 1.84 bits per heavy atom. The standard InChI is InChI=1S/C25H18Cl2IN5O3S/c26-17-8-7-16(20(27)11-17)14-36-18-9-5-15(6-10-18)13-29-31-22(34)12-23-32-33-25(37-23)30-24(35)19-3-1-2-4-21(19)28/h1-11,13H,12,14H2,(H,31,34)(H,30,33,35)/b29-13-. The van der Waals surface area contributed by atoms with Gasteiger partial charge in [0.15, 0.2) is 0 Å². The van der Waals surface area contributed by atoms with E-state index in [9.17, 15) is 9.59 Å². The molecule has 0 aliphatic rings. The smallest absolute Gasteiger partial charge is 0.258 e. The number of ether oxygens (including phenoxy) is 1. The van der Waals surface area contributed by atoms with Crippen molar-refractivity contribution in [1.82, 2.24) is 15.6 Å². The van der Waals surface area contributed by atoms with E-state index < -0.39 is 0 Å². The minimum Gasteiger partial charge on any atom is -0.489 e. The molecule has 0 saturated carbocycles. The van der Waals surface area contributed by atoms with Crippen LogP contribution in [0.25, 0.3) is 0 Å². The van der Waals surface area contributed by atoms with E-state index in [1.165, 1.54) is 6.21 Å². The van der Waals surface area contributed by atoms with Gasteiger partial charge in [0.05, 0.1) is 18.2 Å². The molecule has 0 aliphatic heterocycles. The number of aromatic nitrogens is 2. The summed E-state index contributed by atoms with van der Waals surface area (Å²) in [6, 6.07) is 19.7. The number of nitrogens with zero attached hydrogens (tertiary/aromatic N) is 3. The molecule has 4 rings (SSSR count). The highest BCUT2D eigenvalue weighted by Gasteiger charge is 2.14. The molecule has 37 heavy (non-hydrogen) atoms. The molecule has 0 saturated heterocycles. The summed E-state index contributed by atoms with van der Waals surface area (Å²) in [4.78, 5) is 24.6. The SMILES string of the molecule is O=C(Cc1nnc(NC(=O)c2ccccc2I)s1)N/N=C\c1ccc(OCc2ccc(Cl)cc2Cl)cc1. The van der Waals surface area contributed by atoms with Crippen molar-refractivity contribution in [2.75, 3.05) is 5.32 Å². The monoisotopic (exact) mass is 665 g/mol. The molecule has 3 aromatic carbocycles. The zero-order chi connectivity index (χ0) is 26.2. The van der Waals surface area contributed by atoms with Crippen LogP contribution in [-0.4, -0.2) is 28.2 Å². The molecule has 1 aromatic heterocycles. The highest BCUT2D eigenvalue weighted by molar-refractivity contribution is 14.1. The molecule has 1 heterocycles. The second-order valence-electron chi connectivity index (χ2n) is 7.50. The lowest BCUT2D eigenvalue weighted by atomic mass is 10.2. The maximum absolute atomic E-state index is 12.4. The van der Waals surface area contributed by atoms with Crippen LogP contribution in [0.2, 0.25) is 10.0 Å². The number of carbonyl (C=O) groups is 2. The van der Waals surface area contributed by atoms with Crippen molar-refractivity contribution >= 4 is 80.3 Å². The molecular weight excluding hydrogens is 648 g/mol. The molecule has 2 N–H and O–H groups in total. The van der Waals surface area contributed by atoms with Gasteiger partial charge in [-0.05, 0) is 76.7 Å². The van der Waals surface area contributed by atoms with Crippen molar-refractivity contribution in [2.24, 2.45) is 5.10 Å². The quantitative estimate of drug-likeness (QED) is 0.130. The fourth-order valence-corrected chi connectivity index (χ4v) is 4.82. The number of carbonyl (C=O) groups excluding carboxylic acids is 2. The van der Waals surface area contributed by atoms with Gasteiger partial charge in [-0.2, -0.15) is 5.10 Å². The first-order valence-electron chi connectivity index (χ1n) is 10.7. The first-order valence-corrected chi connectivity index (χ1v) is 13.4. The van der Waals surface area contributed by atoms with Crippen LogP contribution in [0, 0.1) is 3.57 Å². The van der Waals surface area contributed by atoms with Gasteiger partial charge in [0.1, 0.15) is 17.4 Å². The summed E-state index contributed by atoms with van der Waals surface area (Å²) in [6.07, 6.45) is 1.50. The molecule has 0 fully saturated rings. The molecule has 0 unspecified atom stereocenters. The van der Waals surface area contributed by atoms with Crippen molar-refractivity contribution < 1.29 is 14.3 Å². The molecule has 0 atom stereocenters. The van der Waals surface area contributed by atoms with Crippen molar-refractivity contribution in [3.63, 3.8) is 0 Å². The Balaban J connectivity index is 1.23. The maximum Gasteiger partial charge on any atom is 0.258 e. The van der Waals surface area contributed by atoms with E-state index >= 15 is 0 Å². The fraction of sp³-hybridized carbons (Fsp3) is 0.0800. The van der Waals surface area contributed by atoms with Gasteiger partial charge in [0.2, 0.25) is 11.0 Å². The molecule has 0 aliphatic carbocycles. The summed E-state index contributed by atoms with van der Waals surface area (Å²) < 4.78 is 6.58. The maximum atomic E-state index is 12.4. The van der Waals surface area contributed by atoms with Crippen LogP contribution in [0.3, 0.4) is 0 Å². The molecule has 2 amide bonds. The summed E-state index contributed by atoms with van der Waals surface area (Å²) in [5, 5.41) is 16.5. The minimum atomic E-state index is -0.359. The molecule has 0 spiro atoms. The summed E-state index contributed by atoms with van der Waals surface area (Å²) in [6.45, 7) is 0.308. The van der Waals surface area contributed by atoms with Gasteiger partial charge in [-0.15, -0.1) is 10.2 Å². The highest BCUT2D eigenvalue weighted by atomic mass is 127. The van der Waals surface area contributed by atoms with Crippen molar-refractivity contribution in [1.29, 1.82) is 0 Å². The number of halogens is 3. The normalized spacial score (nSPS) is 10.9. The summed E-state index contributed by atoms with van der Waals surface area (Å²) in [7, 11) is 0. The number of hydrazone groups is 1. The number of anilines is 1. The Morgan fingerprint density at radius 1 is 1.05 bits per heavy atom. The van der Waals surface area contributed by atoms with Crippen LogP contribution in [0.15, 0.2) is 71.8 Å². The first kappa shape index (κ1) is 27.0. The van der Waals surface area contributed by atoms with Gasteiger partial charge in [-0.25, -0.2) is 5.43 Å². The fourth-order valence-electron chi connectivity index (χ4n) is 2.99. The summed E-state index contributed by atoms with van der Waals surface area (Å²) in [5.74, 6) is 0.0166. The second kappa shape index (κ2) is 13.0. The molecule has 12 heteroatoms. The number of hydrogen-bond donors (Lipinski definition) is 2. The van der Waals surface area contributed by atoms with E-state index in [1.807, 2.05) is 30.3 Å². The second-order valence-corrected chi connectivity index (χ2v) is 10.6. The Labute approximate surface area is 240 Å². The first-order chi connectivity index (χ1) is 17.9. The summed E-state index contributed by atoms with van der Waals surface area (Å²) >= 11 is 15.3. The van der Waals surface area contributed by atoms with Gasteiger partial charge < -0.3 is 4.74 Å². The third kappa shape index (κ3) is 7.96. The lowest BCUT2D eigenvalue weighted by Gasteiger charge is -2.08. The highest BCUT2D eigenvalue weighted by Crippen LogP contribution is 2.23. The van der Waals surface area contributed by atoms with Gasteiger partial charge >= 0.3 is 0 Å². The van der Waals surface area contributed by atoms with E-state index in [0.29, 0.717) is 38.1 Å². The number of rotatable bonds is 9. The molecule has 8 nitrogen and oxygen atoms in total. The number of nitrogens with one attached hydrogen (secondary N) is 2. The van der Waals surface area contributed by atoms with Crippen LogP contribution >= 0.6 is 57.1 Å². The molecule has 0 radical (unpaired) electrons. The Bertz CT molecular complexity index is 1450. The predicted octanol–water partition coefficient (Wildman–Crippen LogP) is 5.97. The third-order valence-electron chi connectivity index (χ3n) is 4.81. The van der Waals surface area contributed by atoms with E-state index in [1.54, 1.807) is 36.4 Å². The van der Waals surface area contributed by atoms with E-state index in [4.69, 9.17) is 27.9 Å². The number of hydrogen-bond acceptors (Lipinski definition) is 7. The van der Waals surface area contributed by atoms with Crippen molar-refractivity contribution in [3.8, 4) is 5.75 Å². The Morgan fingerprint density at radius 3 is 2.59 bits per heavy atom. The van der Waals surface area contributed by atoms with Crippen molar-refractivity contribution in [3.05, 3.63) is 102 Å². The minimum absolute atomic E-state index is 0.0201. The largest absolute Gasteiger partial charge is 0.489 e. The zero-order valence-corrected chi connectivity index (χ0v) is 23.4. The molecular formula is C25H18Cl2IN5O3S. The van der Waals surface area contributed by atoms with E-state index in [2.05, 4.69) is 48.6 Å². The van der Waals surface area contributed by atoms with Crippen LogP contribution < -0.4 is 15.5 Å². The van der Waals surface area contributed by atoms with E-state index in [0.717, 1.165) is 26.0 Å². The predicted molar refractivity (Wildman–Crippen MR) is 154 cm³/mol. The van der Waals surface area contributed by atoms with Crippen LogP contribution in [-0.2, 0) is 17.8 Å². The average molecular weight is 666 g/mol. The lowest BCUT2D eigenvalue weighted by Crippen LogP contribution is -2.19. The average Bonchev–Trinajstić information content (AvgIpc) is 3.31. The molecule has 188 valence electrons. The summed E-state index contributed by atoms with van der Waals surface area (Å²) in [5.41, 5.74) is 4.60. The van der Waals surface area contributed by atoms with Gasteiger partial charge in [0.25, 0.3) is 5.91 Å². The Hall–Kier alpha value is -3.06. The lowest BCUT2D eigenvalue weighted by molar-refractivity contribution is -0.120. The van der Waals surface area contributed by atoms with Gasteiger partial charge in [-0.3, -0.25) is 14.9 Å².